The van der Waals surface area contributed by atoms with E-state index in [-0.39, 0.29) is 4.83 Å². The van der Waals surface area contributed by atoms with E-state index in [9.17, 15) is 8.42 Å². The van der Waals surface area contributed by atoms with Gasteiger partial charge in [0.1, 0.15) is 0 Å². The summed E-state index contributed by atoms with van der Waals surface area (Å²) >= 11 is 3.44. The van der Waals surface area contributed by atoms with Crippen molar-refractivity contribution < 1.29 is 8.42 Å². The lowest BCUT2D eigenvalue weighted by atomic mass is 10.2. The molecule has 0 aliphatic rings. The third-order valence-electron chi connectivity index (χ3n) is 2.13. The monoisotopic (exact) mass is 300 g/mol. The van der Waals surface area contributed by atoms with Crippen LogP contribution < -0.4 is 4.72 Å². The van der Waals surface area contributed by atoms with Gasteiger partial charge in [-0.15, -0.1) is 0 Å². The maximum absolute atomic E-state index is 11.7. The van der Waals surface area contributed by atoms with Gasteiger partial charge in [-0.1, -0.05) is 43.1 Å². The summed E-state index contributed by atoms with van der Waals surface area (Å²) in [5.41, 5.74) is 0. The molecule has 0 aromatic carbocycles. The van der Waals surface area contributed by atoms with Crippen molar-refractivity contribution in [2.24, 2.45) is 0 Å². The van der Waals surface area contributed by atoms with Crippen LogP contribution >= 0.6 is 15.9 Å². The fourth-order valence-electron chi connectivity index (χ4n) is 1.27. The molecular formula is C9H21BrN2O2S. The van der Waals surface area contributed by atoms with Crippen molar-refractivity contribution in [2.45, 2.75) is 38.4 Å². The van der Waals surface area contributed by atoms with Crippen LogP contribution in [0.5, 0.6) is 0 Å². The second-order valence-corrected chi connectivity index (χ2v) is 6.37. The summed E-state index contributed by atoms with van der Waals surface area (Å²) < 4.78 is 27.4. The molecular weight excluding hydrogens is 280 g/mol. The molecule has 0 radical (unpaired) electrons. The van der Waals surface area contributed by atoms with Gasteiger partial charge in [-0.3, -0.25) is 0 Å². The molecule has 6 heteroatoms. The van der Waals surface area contributed by atoms with Crippen LogP contribution in [0.4, 0.5) is 0 Å². The number of nitrogens with zero attached hydrogens (tertiary/aromatic N) is 1. The molecule has 92 valence electrons. The summed E-state index contributed by atoms with van der Waals surface area (Å²) in [7, 11) is -3.28. The minimum Gasteiger partial charge on any atom is -0.201 e. The summed E-state index contributed by atoms with van der Waals surface area (Å²) in [6.07, 6.45) is 2.02. The first-order valence-corrected chi connectivity index (χ1v) is 7.72. The highest BCUT2D eigenvalue weighted by Gasteiger charge is 2.18. The second-order valence-electron chi connectivity index (χ2n) is 3.32. The predicted molar refractivity (Wildman–Crippen MR) is 67.5 cm³/mol. The third kappa shape index (κ3) is 5.85. The Kier molecular flexibility index (Phi) is 7.77. The molecule has 4 nitrogen and oxygen atoms in total. The lowest BCUT2D eigenvalue weighted by Gasteiger charge is -2.19. The average molecular weight is 301 g/mol. The summed E-state index contributed by atoms with van der Waals surface area (Å²) in [5.74, 6) is 0. The van der Waals surface area contributed by atoms with Crippen LogP contribution in [0.3, 0.4) is 0 Å². The van der Waals surface area contributed by atoms with E-state index >= 15 is 0 Å². The molecule has 0 fully saturated rings. The molecule has 0 amide bonds. The van der Waals surface area contributed by atoms with Crippen molar-refractivity contribution in [1.29, 1.82) is 0 Å². The standard InChI is InChI=1S/C9H21BrN2O2S/c1-4-7-9(10)8-11-15(13,14)12(5-2)6-3/h9,11H,4-8H2,1-3H3. The minimum atomic E-state index is -3.28. The van der Waals surface area contributed by atoms with Crippen molar-refractivity contribution >= 4 is 26.1 Å². The first kappa shape index (κ1) is 15.3. The summed E-state index contributed by atoms with van der Waals surface area (Å²) in [4.78, 5) is 0.216. The van der Waals surface area contributed by atoms with E-state index in [2.05, 4.69) is 27.6 Å². The first-order chi connectivity index (χ1) is 6.97. The molecule has 0 aliphatic heterocycles. The number of rotatable bonds is 8. The van der Waals surface area contributed by atoms with Crippen LogP contribution in [-0.4, -0.2) is 37.2 Å². The zero-order chi connectivity index (χ0) is 11.9. The van der Waals surface area contributed by atoms with Gasteiger partial charge < -0.3 is 0 Å². The number of halogens is 1. The molecule has 0 rings (SSSR count). The minimum absolute atomic E-state index is 0.216. The highest BCUT2D eigenvalue weighted by molar-refractivity contribution is 9.09. The normalized spacial score (nSPS) is 14.5. The zero-order valence-corrected chi connectivity index (χ0v) is 12.1. The Balaban J connectivity index is 4.14. The summed E-state index contributed by atoms with van der Waals surface area (Å²) in [6, 6.07) is 0. The largest absolute Gasteiger partial charge is 0.279 e. The van der Waals surface area contributed by atoms with Crippen molar-refractivity contribution in [1.82, 2.24) is 9.03 Å². The van der Waals surface area contributed by atoms with Gasteiger partial charge in [0, 0.05) is 24.5 Å². The van der Waals surface area contributed by atoms with E-state index in [4.69, 9.17) is 0 Å². The maximum Gasteiger partial charge on any atom is 0.279 e. The lowest BCUT2D eigenvalue weighted by Crippen LogP contribution is -2.42. The second kappa shape index (κ2) is 7.60. The molecule has 0 aliphatic carbocycles. The van der Waals surface area contributed by atoms with Crippen LogP contribution in [0, 0.1) is 0 Å². The van der Waals surface area contributed by atoms with Gasteiger partial charge in [-0.05, 0) is 6.42 Å². The van der Waals surface area contributed by atoms with E-state index in [1.165, 1.54) is 4.31 Å². The van der Waals surface area contributed by atoms with Gasteiger partial charge in [-0.2, -0.15) is 12.7 Å². The molecule has 0 aromatic rings. The van der Waals surface area contributed by atoms with Gasteiger partial charge >= 0.3 is 0 Å². The molecule has 15 heavy (non-hydrogen) atoms. The van der Waals surface area contributed by atoms with Crippen LogP contribution in [-0.2, 0) is 10.2 Å². The highest BCUT2D eigenvalue weighted by atomic mass is 79.9. The number of hydrogen-bond donors (Lipinski definition) is 1. The third-order valence-corrected chi connectivity index (χ3v) is 4.64. The lowest BCUT2D eigenvalue weighted by molar-refractivity contribution is 0.434. The van der Waals surface area contributed by atoms with Gasteiger partial charge in [0.25, 0.3) is 10.2 Å². The van der Waals surface area contributed by atoms with E-state index in [0.717, 1.165) is 12.8 Å². The van der Waals surface area contributed by atoms with Crippen LogP contribution in [0.1, 0.15) is 33.6 Å². The van der Waals surface area contributed by atoms with E-state index in [1.807, 2.05) is 13.8 Å². The summed E-state index contributed by atoms with van der Waals surface area (Å²) in [6.45, 7) is 7.21. The van der Waals surface area contributed by atoms with E-state index in [0.29, 0.717) is 19.6 Å². The Morgan fingerprint density at radius 2 is 1.80 bits per heavy atom. The van der Waals surface area contributed by atoms with Gasteiger partial charge in [-0.25, -0.2) is 4.72 Å². The Labute approximate surface area is 102 Å². The maximum atomic E-state index is 11.7. The van der Waals surface area contributed by atoms with Gasteiger partial charge in [0.15, 0.2) is 0 Å². The molecule has 0 spiro atoms. The molecule has 0 heterocycles. The fourth-order valence-corrected chi connectivity index (χ4v) is 3.37. The molecule has 0 saturated carbocycles. The van der Waals surface area contributed by atoms with Crippen LogP contribution in [0.2, 0.25) is 0 Å². The predicted octanol–water partition coefficient (Wildman–Crippen LogP) is 1.73. The molecule has 0 bridgehead atoms. The molecule has 0 aromatic heterocycles. The first-order valence-electron chi connectivity index (χ1n) is 5.36. The van der Waals surface area contributed by atoms with Crippen LogP contribution in [0.15, 0.2) is 0 Å². The Morgan fingerprint density at radius 1 is 1.27 bits per heavy atom. The molecule has 1 atom stereocenters. The van der Waals surface area contributed by atoms with Crippen molar-refractivity contribution in [2.75, 3.05) is 19.6 Å². The molecule has 1 unspecified atom stereocenters. The van der Waals surface area contributed by atoms with Crippen LogP contribution in [0.25, 0.3) is 0 Å². The molecule has 1 N–H and O–H groups in total. The Hall–Kier alpha value is 0.350. The number of nitrogens with one attached hydrogen (secondary N) is 1. The topological polar surface area (TPSA) is 49.4 Å². The zero-order valence-electron chi connectivity index (χ0n) is 9.66. The SMILES string of the molecule is CCCC(Br)CNS(=O)(=O)N(CC)CC. The van der Waals surface area contributed by atoms with Gasteiger partial charge in [0.05, 0.1) is 0 Å². The van der Waals surface area contributed by atoms with E-state index < -0.39 is 10.2 Å². The van der Waals surface area contributed by atoms with E-state index in [1.54, 1.807) is 0 Å². The van der Waals surface area contributed by atoms with Crippen molar-refractivity contribution in [3.8, 4) is 0 Å². The Bertz CT molecular complexity index is 253. The average Bonchev–Trinajstić information content (AvgIpc) is 2.17. The number of alkyl halides is 1. The van der Waals surface area contributed by atoms with Gasteiger partial charge in [0.2, 0.25) is 0 Å². The number of hydrogen-bond acceptors (Lipinski definition) is 2. The quantitative estimate of drug-likeness (QED) is 0.694. The highest BCUT2D eigenvalue weighted by Crippen LogP contribution is 2.07. The Morgan fingerprint density at radius 3 is 2.20 bits per heavy atom. The summed E-state index contributed by atoms with van der Waals surface area (Å²) in [5, 5.41) is 0. The fraction of sp³-hybridized carbons (Fsp3) is 1.00. The van der Waals surface area contributed by atoms with Crippen molar-refractivity contribution in [3.05, 3.63) is 0 Å². The smallest absolute Gasteiger partial charge is 0.201 e. The molecule has 0 saturated heterocycles. The van der Waals surface area contributed by atoms with Crippen molar-refractivity contribution in [3.63, 3.8) is 0 Å².